The quantitative estimate of drug-likeness (QED) is 0.554. The van der Waals surface area contributed by atoms with E-state index in [1.54, 1.807) is 11.9 Å². The minimum Gasteiger partial charge on any atom is -0.344 e. The van der Waals surface area contributed by atoms with E-state index in [0.717, 1.165) is 29.4 Å². The molecule has 166 valence electrons. The van der Waals surface area contributed by atoms with E-state index in [-0.39, 0.29) is 11.3 Å². The van der Waals surface area contributed by atoms with Crippen LogP contribution in [0, 0.1) is 11.3 Å². The molecule has 1 aromatic heterocycles. The topological polar surface area (TPSA) is 74.8 Å². The number of amides is 1. The van der Waals surface area contributed by atoms with Gasteiger partial charge >= 0.3 is 0 Å². The summed E-state index contributed by atoms with van der Waals surface area (Å²) in [6, 6.07) is 11.1. The zero-order chi connectivity index (χ0) is 22.4. The zero-order valence-corrected chi connectivity index (χ0v) is 19.9. The van der Waals surface area contributed by atoms with Crippen LogP contribution in [0.15, 0.2) is 29.4 Å². The molecule has 0 N–H and O–H groups in total. The van der Waals surface area contributed by atoms with Crippen molar-refractivity contribution in [1.82, 2.24) is 19.7 Å². The van der Waals surface area contributed by atoms with Crippen LogP contribution < -0.4 is 0 Å². The first-order valence-electron chi connectivity index (χ1n) is 11.1. The first-order chi connectivity index (χ1) is 14.8. The summed E-state index contributed by atoms with van der Waals surface area (Å²) in [5.41, 5.74) is 2.46. The van der Waals surface area contributed by atoms with Crippen molar-refractivity contribution in [2.24, 2.45) is 0 Å². The number of carbonyl (C=O) groups excluding carboxylic acids is 1. The normalized spacial score (nSPS) is 14.9. The maximum absolute atomic E-state index is 12.5. The average molecular weight is 440 g/mol. The second-order valence-electron chi connectivity index (χ2n) is 9.31. The van der Waals surface area contributed by atoms with Crippen LogP contribution in [0.5, 0.6) is 0 Å². The number of thioether (sulfide) groups is 1. The summed E-state index contributed by atoms with van der Waals surface area (Å²) in [6.07, 6.45) is 6.29. The largest absolute Gasteiger partial charge is 0.344 e. The molecule has 1 heterocycles. The number of hydrogen-bond acceptors (Lipinski definition) is 5. The summed E-state index contributed by atoms with van der Waals surface area (Å²) in [5, 5.41) is 18.6. The van der Waals surface area contributed by atoms with Crippen molar-refractivity contribution in [3.05, 3.63) is 29.8 Å². The van der Waals surface area contributed by atoms with Crippen LogP contribution in [0.4, 0.5) is 0 Å². The van der Waals surface area contributed by atoms with E-state index < -0.39 is 0 Å². The Morgan fingerprint density at radius 3 is 2.48 bits per heavy atom. The molecule has 31 heavy (non-hydrogen) atoms. The fraction of sp³-hybridized carbons (Fsp3) is 0.583. The molecule has 0 saturated heterocycles. The van der Waals surface area contributed by atoms with Crippen molar-refractivity contribution in [1.29, 1.82) is 5.26 Å². The van der Waals surface area contributed by atoms with Crippen molar-refractivity contribution in [2.45, 2.75) is 75.9 Å². The van der Waals surface area contributed by atoms with Crippen molar-refractivity contribution in [3.8, 4) is 17.5 Å². The highest BCUT2D eigenvalue weighted by Gasteiger charge is 2.25. The van der Waals surface area contributed by atoms with Gasteiger partial charge in [-0.15, -0.1) is 10.2 Å². The molecule has 3 rings (SSSR count). The lowest BCUT2D eigenvalue weighted by atomic mass is 9.86. The van der Waals surface area contributed by atoms with E-state index in [0.29, 0.717) is 24.8 Å². The third-order valence-electron chi connectivity index (χ3n) is 5.92. The molecular formula is C24H33N5OS. The molecule has 0 radical (unpaired) electrons. The number of nitriles is 1. The van der Waals surface area contributed by atoms with Gasteiger partial charge in [0.2, 0.25) is 5.91 Å². The second kappa shape index (κ2) is 10.3. The van der Waals surface area contributed by atoms with Crippen LogP contribution >= 0.6 is 11.8 Å². The summed E-state index contributed by atoms with van der Waals surface area (Å²) in [7, 11) is 1.74. The van der Waals surface area contributed by atoms with Crippen LogP contribution in [-0.2, 0) is 10.2 Å². The van der Waals surface area contributed by atoms with Gasteiger partial charge in [0.25, 0.3) is 0 Å². The van der Waals surface area contributed by atoms with Crippen molar-refractivity contribution < 1.29 is 4.79 Å². The summed E-state index contributed by atoms with van der Waals surface area (Å²) in [6.45, 7) is 7.10. The minimum absolute atomic E-state index is 0.00882. The predicted octanol–water partition coefficient (Wildman–Crippen LogP) is 5.21. The maximum atomic E-state index is 12.5. The Hall–Kier alpha value is -2.33. The Morgan fingerprint density at radius 2 is 1.87 bits per heavy atom. The third-order valence-corrected chi connectivity index (χ3v) is 6.85. The van der Waals surface area contributed by atoms with Crippen LogP contribution in [0.1, 0.15) is 70.9 Å². The van der Waals surface area contributed by atoms with E-state index in [1.165, 1.54) is 36.6 Å². The first-order valence-corrected chi connectivity index (χ1v) is 12.1. The molecule has 0 bridgehead atoms. The lowest BCUT2D eigenvalue weighted by Gasteiger charge is -2.26. The molecule has 0 unspecified atom stereocenters. The van der Waals surface area contributed by atoms with Crippen LogP contribution in [0.2, 0.25) is 0 Å². The van der Waals surface area contributed by atoms with Crippen LogP contribution in [0.25, 0.3) is 11.4 Å². The summed E-state index contributed by atoms with van der Waals surface area (Å²) >= 11 is 1.45. The smallest absolute Gasteiger partial charge is 0.232 e. The summed E-state index contributed by atoms with van der Waals surface area (Å²) in [5.74, 6) is 1.20. The molecule has 7 heteroatoms. The number of aromatic nitrogens is 3. The molecule has 1 amide bonds. The Labute approximate surface area is 190 Å². The molecule has 1 aliphatic carbocycles. The Morgan fingerprint density at radius 1 is 1.19 bits per heavy atom. The van der Waals surface area contributed by atoms with Gasteiger partial charge in [0.05, 0.1) is 18.2 Å². The second-order valence-corrected chi connectivity index (χ2v) is 10.2. The molecule has 0 spiro atoms. The first kappa shape index (κ1) is 23.3. The zero-order valence-electron chi connectivity index (χ0n) is 19.1. The number of rotatable bonds is 7. The average Bonchev–Trinajstić information content (AvgIpc) is 3.19. The summed E-state index contributed by atoms with van der Waals surface area (Å²) in [4.78, 5) is 14.1. The van der Waals surface area contributed by atoms with Crippen molar-refractivity contribution in [2.75, 3.05) is 19.3 Å². The van der Waals surface area contributed by atoms with Gasteiger partial charge in [0.15, 0.2) is 11.0 Å². The molecule has 1 saturated carbocycles. The third kappa shape index (κ3) is 5.88. The maximum Gasteiger partial charge on any atom is 0.232 e. The van der Waals surface area contributed by atoms with E-state index in [4.69, 9.17) is 5.26 Å². The highest BCUT2D eigenvalue weighted by molar-refractivity contribution is 7.99. The number of nitrogens with zero attached hydrogens (tertiary/aromatic N) is 5. The number of benzene rings is 1. The molecule has 0 aliphatic heterocycles. The fourth-order valence-corrected chi connectivity index (χ4v) is 4.89. The Bertz CT molecular complexity index is 917. The van der Waals surface area contributed by atoms with Gasteiger partial charge in [-0.25, -0.2) is 0 Å². The molecule has 6 nitrogen and oxygen atoms in total. The minimum atomic E-state index is 0.00882. The molecule has 1 fully saturated rings. The Kier molecular flexibility index (Phi) is 7.77. The van der Waals surface area contributed by atoms with E-state index in [1.807, 2.05) is 0 Å². The molecular weight excluding hydrogens is 406 g/mol. The molecule has 0 atom stereocenters. The van der Waals surface area contributed by atoms with E-state index >= 15 is 0 Å². The standard InChI is InChI=1S/C24H33N5OS/c1-24(2,3)19-13-11-18(12-14-19)22-26-27-23(29(22)20-9-6-5-7-10-20)31-17-21(30)28(4)16-8-15-25/h11-14,20H,5-10,16-17H2,1-4H3. The van der Waals surface area contributed by atoms with Crippen molar-refractivity contribution in [3.63, 3.8) is 0 Å². The molecule has 1 aromatic carbocycles. The van der Waals surface area contributed by atoms with Gasteiger partial charge in [-0.05, 0) is 23.8 Å². The summed E-state index contributed by atoms with van der Waals surface area (Å²) < 4.78 is 2.26. The van der Waals surface area contributed by atoms with Gasteiger partial charge in [-0.2, -0.15) is 5.26 Å². The van der Waals surface area contributed by atoms with E-state index in [9.17, 15) is 4.79 Å². The van der Waals surface area contributed by atoms with Gasteiger partial charge < -0.3 is 4.90 Å². The molecule has 2 aromatic rings. The van der Waals surface area contributed by atoms with Gasteiger partial charge in [0.1, 0.15) is 0 Å². The predicted molar refractivity (Wildman–Crippen MR) is 125 cm³/mol. The SMILES string of the molecule is CN(CCC#N)C(=O)CSc1nnc(-c2ccc(C(C)(C)C)cc2)n1C1CCCCC1. The lowest BCUT2D eigenvalue weighted by molar-refractivity contribution is -0.127. The van der Waals surface area contributed by atoms with Gasteiger partial charge in [-0.3, -0.25) is 9.36 Å². The van der Waals surface area contributed by atoms with Crippen molar-refractivity contribution >= 4 is 17.7 Å². The van der Waals surface area contributed by atoms with E-state index in [2.05, 4.69) is 65.9 Å². The Balaban J connectivity index is 1.84. The highest BCUT2D eigenvalue weighted by atomic mass is 32.2. The molecule has 1 aliphatic rings. The fourth-order valence-electron chi connectivity index (χ4n) is 3.94. The highest BCUT2D eigenvalue weighted by Crippen LogP contribution is 2.36. The number of carbonyl (C=O) groups is 1. The van der Waals surface area contributed by atoms with Crippen LogP contribution in [-0.4, -0.2) is 44.9 Å². The monoisotopic (exact) mass is 439 g/mol. The van der Waals surface area contributed by atoms with Gasteiger partial charge in [-0.1, -0.05) is 76.1 Å². The van der Waals surface area contributed by atoms with Gasteiger partial charge in [0, 0.05) is 25.2 Å². The number of hydrogen-bond donors (Lipinski definition) is 0. The lowest BCUT2D eigenvalue weighted by Crippen LogP contribution is -2.29. The van der Waals surface area contributed by atoms with Crippen LogP contribution in [0.3, 0.4) is 0 Å².